The van der Waals surface area contributed by atoms with E-state index in [4.69, 9.17) is 16.3 Å². The van der Waals surface area contributed by atoms with Crippen molar-refractivity contribution in [2.75, 3.05) is 5.88 Å². The number of hydrogen-bond donors (Lipinski definition) is 1. The maximum Gasteiger partial charge on any atom is 0.416 e. The number of nitrogens with zero attached hydrogens (tertiary/aromatic N) is 1. The first-order chi connectivity index (χ1) is 13.6. The summed E-state index contributed by atoms with van der Waals surface area (Å²) in [6.45, 7) is 5.35. The van der Waals surface area contributed by atoms with E-state index < -0.39 is 28.1 Å². The van der Waals surface area contributed by atoms with Gasteiger partial charge >= 0.3 is 6.18 Å². The lowest BCUT2D eigenvalue weighted by atomic mass is 9.98. The predicted octanol–water partition coefficient (Wildman–Crippen LogP) is 6.56. The van der Waals surface area contributed by atoms with Crippen molar-refractivity contribution in [1.82, 2.24) is 5.06 Å². The van der Waals surface area contributed by atoms with Crippen molar-refractivity contribution in [2.24, 2.45) is 0 Å². The molecule has 1 heterocycles. The minimum Gasteiger partial charge on any atom is -0.359 e. The van der Waals surface area contributed by atoms with E-state index >= 15 is 0 Å². The van der Waals surface area contributed by atoms with Gasteiger partial charge in [0.1, 0.15) is 10.3 Å². The van der Waals surface area contributed by atoms with Crippen LogP contribution in [0.1, 0.15) is 37.3 Å². The van der Waals surface area contributed by atoms with Gasteiger partial charge in [-0.05, 0) is 43.5 Å². The summed E-state index contributed by atoms with van der Waals surface area (Å²) in [5.41, 5.74) is 0.355. The van der Waals surface area contributed by atoms with Gasteiger partial charge < -0.3 is 9.94 Å². The quantitative estimate of drug-likeness (QED) is 0.528. The van der Waals surface area contributed by atoms with Crippen LogP contribution < -0.4 is 0 Å². The van der Waals surface area contributed by atoms with Crippen LogP contribution in [0, 0.1) is 0 Å². The smallest absolute Gasteiger partial charge is 0.359 e. The number of rotatable bonds is 5. The largest absolute Gasteiger partial charge is 0.416 e. The fourth-order valence-electron chi connectivity index (χ4n) is 3.48. The van der Waals surface area contributed by atoms with Crippen LogP contribution in [0.5, 0.6) is 0 Å². The fourth-order valence-corrected chi connectivity index (χ4v) is 5.57. The molecule has 1 saturated heterocycles. The molecule has 3 atom stereocenters. The fraction of sp³-hybridized carbons (Fsp3) is 0.429. The standard InChI is InChI=1S/C21H23ClF3NO2S/c1-13(2)28-20(12-22)14(3)26(27)19(29-20)17-10-9-16(11-18(17)21(23,24)25)15-7-5-4-6-8-15/h4-11,13-14,19,27H,12H2,1-3H3. The van der Waals surface area contributed by atoms with Gasteiger partial charge in [-0.3, -0.25) is 0 Å². The lowest BCUT2D eigenvalue weighted by Gasteiger charge is -2.32. The second kappa shape index (κ2) is 8.47. The second-order valence-corrected chi connectivity index (χ2v) is 8.94. The van der Waals surface area contributed by atoms with Gasteiger partial charge in [0.15, 0.2) is 0 Å². The molecule has 3 unspecified atom stereocenters. The molecule has 3 rings (SSSR count). The summed E-state index contributed by atoms with van der Waals surface area (Å²) < 4.78 is 47.8. The van der Waals surface area contributed by atoms with E-state index in [1.54, 1.807) is 37.3 Å². The molecule has 29 heavy (non-hydrogen) atoms. The summed E-state index contributed by atoms with van der Waals surface area (Å²) in [6, 6.07) is 12.5. The first-order valence-electron chi connectivity index (χ1n) is 9.24. The molecule has 0 bridgehead atoms. The average Bonchev–Trinajstić information content (AvgIpc) is 2.92. The third-order valence-electron chi connectivity index (χ3n) is 4.94. The number of thioether (sulfide) groups is 1. The molecule has 3 nitrogen and oxygen atoms in total. The number of benzene rings is 2. The second-order valence-electron chi connectivity index (χ2n) is 7.30. The highest BCUT2D eigenvalue weighted by Crippen LogP contribution is 2.55. The van der Waals surface area contributed by atoms with Crippen molar-refractivity contribution in [3.8, 4) is 11.1 Å². The third kappa shape index (κ3) is 4.44. The van der Waals surface area contributed by atoms with Gasteiger partial charge in [-0.15, -0.1) is 11.6 Å². The number of hydrogen-bond acceptors (Lipinski definition) is 4. The highest BCUT2D eigenvalue weighted by Gasteiger charge is 2.54. The molecular formula is C21H23ClF3NO2S. The third-order valence-corrected chi connectivity index (χ3v) is 7.17. The Bertz CT molecular complexity index is 850. The normalized spacial score (nSPS) is 25.7. The zero-order valence-corrected chi connectivity index (χ0v) is 17.9. The zero-order chi connectivity index (χ0) is 21.4. The maximum atomic E-state index is 13.9. The van der Waals surface area contributed by atoms with Crippen molar-refractivity contribution < 1.29 is 23.1 Å². The predicted molar refractivity (Wildman–Crippen MR) is 110 cm³/mol. The van der Waals surface area contributed by atoms with E-state index in [9.17, 15) is 18.4 Å². The molecule has 1 aliphatic heterocycles. The SMILES string of the molecule is CC(C)OC1(CCl)SC(c2ccc(-c3ccccc3)cc2C(F)(F)F)N(O)C1C. The van der Waals surface area contributed by atoms with E-state index in [1.165, 1.54) is 6.07 Å². The number of ether oxygens (including phenoxy) is 1. The van der Waals surface area contributed by atoms with Crippen molar-refractivity contribution in [3.05, 3.63) is 59.7 Å². The topological polar surface area (TPSA) is 32.7 Å². The Labute approximate surface area is 177 Å². The van der Waals surface area contributed by atoms with Gasteiger partial charge in [0, 0.05) is 0 Å². The van der Waals surface area contributed by atoms with Crippen LogP contribution in [0.2, 0.25) is 0 Å². The summed E-state index contributed by atoms with van der Waals surface area (Å²) in [5.74, 6) is 0.0357. The first kappa shape index (κ1) is 22.4. The average molecular weight is 446 g/mol. The molecule has 2 aromatic rings. The molecule has 0 aromatic heterocycles. The Balaban J connectivity index is 2.06. The molecule has 0 amide bonds. The van der Waals surface area contributed by atoms with E-state index in [-0.39, 0.29) is 17.5 Å². The van der Waals surface area contributed by atoms with Gasteiger partial charge in [-0.1, -0.05) is 54.2 Å². The highest BCUT2D eigenvalue weighted by molar-refractivity contribution is 8.01. The van der Waals surface area contributed by atoms with Crippen LogP contribution in [0.15, 0.2) is 48.5 Å². The van der Waals surface area contributed by atoms with Crippen LogP contribution in [0.3, 0.4) is 0 Å². The molecule has 2 aromatic carbocycles. The Morgan fingerprint density at radius 2 is 1.83 bits per heavy atom. The molecule has 8 heteroatoms. The summed E-state index contributed by atoms with van der Waals surface area (Å²) in [7, 11) is 0. The number of hydroxylamine groups is 2. The van der Waals surface area contributed by atoms with Crippen molar-refractivity contribution >= 4 is 23.4 Å². The lowest BCUT2D eigenvalue weighted by molar-refractivity contribution is -0.166. The van der Waals surface area contributed by atoms with E-state index in [2.05, 4.69) is 0 Å². The van der Waals surface area contributed by atoms with Gasteiger partial charge in [-0.25, -0.2) is 0 Å². The maximum absolute atomic E-state index is 13.9. The number of halogens is 4. The van der Waals surface area contributed by atoms with Crippen molar-refractivity contribution in [2.45, 2.75) is 49.4 Å². The Morgan fingerprint density at radius 1 is 1.17 bits per heavy atom. The lowest BCUT2D eigenvalue weighted by Crippen LogP contribution is -2.45. The van der Waals surface area contributed by atoms with Crippen LogP contribution in [0.25, 0.3) is 11.1 Å². The first-order valence-corrected chi connectivity index (χ1v) is 10.7. The highest BCUT2D eigenvalue weighted by atomic mass is 35.5. The minimum absolute atomic E-state index is 0.0177. The van der Waals surface area contributed by atoms with Crippen LogP contribution in [-0.2, 0) is 10.9 Å². The molecule has 158 valence electrons. The summed E-state index contributed by atoms with van der Waals surface area (Å²) >= 11 is 7.26. The summed E-state index contributed by atoms with van der Waals surface area (Å²) in [6.07, 6.45) is -4.77. The van der Waals surface area contributed by atoms with Gasteiger partial charge in [-0.2, -0.15) is 18.2 Å². The molecule has 0 saturated carbocycles. The van der Waals surface area contributed by atoms with E-state index in [0.717, 1.165) is 22.9 Å². The van der Waals surface area contributed by atoms with E-state index in [1.807, 2.05) is 19.9 Å². The Morgan fingerprint density at radius 3 is 2.38 bits per heavy atom. The molecule has 1 aliphatic rings. The van der Waals surface area contributed by atoms with Crippen molar-refractivity contribution in [1.29, 1.82) is 0 Å². The van der Waals surface area contributed by atoms with Gasteiger partial charge in [0.2, 0.25) is 0 Å². The summed E-state index contributed by atoms with van der Waals surface area (Å²) in [4.78, 5) is -1.02. The number of alkyl halides is 4. The zero-order valence-electron chi connectivity index (χ0n) is 16.3. The monoisotopic (exact) mass is 445 g/mol. The van der Waals surface area contributed by atoms with Crippen LogP contribution >= 0.6 is 23.4 Å². The molecule has 1 fully saturated rings. The molecule has 0 aliphatic carbocycles. The van der Waals surface area contributed by atoms with Crippen LogP contribution in [0.4, 0.5) is 13.2 Å². The Hall–Kier alpha value is -1.25. The van der Waals surface area contributed by atoms with Gasteiger partial charge in [0.25, 0.3) is 0 Å². The van der Waals surface area contributed by atoms with Gasteiger partial charge in [0.05, 0.1) is 23.6 Å². The van der Waals surface area contributed by atoms with Crippen LogP contribution in [-0.4, -0.2) is 33.2 Å². The molecule has 1 N–H and O–H groups in total. The minimum atomic E-state index is -4.57. The Kier molecular flexibility index (Phi) is 6.56. The molecular weight excluding hydrogens is 423 g/mol. The van der Waals surface area contributed by atoms with Crippen molar-refractivity contribution in [3.63, 3.8) is 0 Å². The van der Waals surface area contributed by atoms with E-state index in [0.29, 0.717) is 11.1 Å². The molecule has 0 radical (unpaired) electrons. The summed E-state index contributed by atoms with van der Waals surface area (Å²) in [5, 5.41) is 10.6. The molecule has 0 spiro atoms.